The van der Waals surface area contributed by atoms with E-state index in [1.807, 2.05) is 25.1 Å². The van der Waals surface area contributed by atoms with E-state index in [1.54, 1.807) is 0 Å². The first kappa shape index (κ1) is 17.2. The topological polar surface area (TPSA) is 61.5 Å². The van der Waals surface area contributed by atoms with Gasteiger partial charge in [0.2, 0.25) is 0 Å². The molecule has 0 fully saturated rings. The van der Waals surface area contributed by atoms with Gasteiger partial charge in [-0.1, -0.05) is 15.9 Å². The van der Waals surface area contributed by atoms with E-state index in [4.69, 9.17) is 10.5 Å². The van der Waals surface area contributed by atoms with Crippen molar-refractivity contribution in [1.82, 2.24) is 0 Å². The summed E-state index contributed by atoms with van der Waals surface area (Å²) in [5.41, 5.74) is 6.77. The minimum absolute atomic E-state index is 0. The quantitative estimate of drug-likeness (QED) is 0.839. The van der Waals surface area contributed by atoms with Gasteiger partial charge in [-0.25, -0.2) is 0 Å². The van der Waals surface area contributed by atoms with E-state index in [0.29, 0.717) is 12.4 Å². The average Bonchev–Trinajstić information content (AvgIpc) is 2.31. The number of halogens is 2. The SMILES string of the molecule is CCOc1ccc(Br)cc1[C@@H](N)CC(=O)OC.Cl. The van der Waals surface area contributed by atoms with Crippen LogP contribution < -0.4 is 10.5 Å². The largest absolute Gasteiger partial charge is 0.494 e. The van der Waals surface area contributed by atoms with Crippen molar-refractivity contribution in [2.24, 2.45) is 5.73 Å². The number of esters is 1. The molecule has 0 amide bonds. The van der Waals surface area contributed by atoms with Gasteiger partial charge in [0, 0.05) is 16.1 Å². The lowest BCUT2D eigenvalue weighted by Gasteiger charge is -2.16. The molecule has 6 heteroatoms. The summed E-state index contributed by atoms with van der Waals surface area (Å²) in [6.07, 6.45) is 0.132. The van der Waals surface area contributed by atoms with Crippen molar-refractivity contribution in [3.05, 3.63) is 28.2 Å². The molecule has 0 radical (unpaired) electrons. The fourth-order valence-electron chi connectivity index (χ4n) is 1.47. The van der Waals surface area contributed by atoms with Gasteiger partial charge in [-0.2, -0.15) is 0 Å². The van der Waals surface area contributed by atoms with Crippen molar-refractivity contribution in [2.75, 3.05) is 13.7 Å². The van der Waals surface area contributed by atoms with Crippen LogP contribution in [0.2, 0.25) is 0 Å². The second-order valence-corrected chi connectivity index (χ2v) is 4.42. The molecule has 4 nitrogen and oxygen atoms in total. The van der Waals surface area contributed by atoms with Crippen LogP contribution in [0.1, 0.15) is 24.9 Å². The maximum Gasteiger partial charge on any atom is 0.307 e. The predicted molar refractivity (Wildman–Crippen MR) is 76.1 cm³/mol. The zero-order valence-electron chi connectivity index (χ0n) is 10.3. The van der Waals surface area contributed by atoms with Gasteiger partial charge in [0.1, 0.15) is 5.75 Å². The fraction of sp³-hybridized carbons (Fsp3) is 0.417. The second kappa shape index (κ2) is 8.34. The highest BCUT2D eigenvalue weighted by Gasteiger charge is 2.16. The summed E-state index contributed by atoms with van der Waals surface area (Å²) in [5.74, 6) is 0.368. The van der Waals surface area contributed by atoms with Crippen LogP contribution in [0.4, 0.5) is 0 Å². The predicted octanol–water partition coefficient (Wildman–Crippen LogP) is 2.83. The third-order valence-corrected chi connectivity index (χ3v) is 2.78. The molecule has 1 rings (SSSR count). The highest BCUT2D eigenvalue weighted by Crippen LogP contribution is 2.29. The summed E-state index contributed by atoms with van der Waals surface area (Å²) in [5, 5.41) is 0. The first-order valence-corrected chi connectivity index (χ1v) is 6.12. The van der Waals surface area contributed by atoms with E-state index in [9.17, 15) is 4.79 Å². The minimum atomic E-state index is -0.429. The number of hydrogen-bond donors (Lipinski definition) is 1. The fourth-order valence-corrected chi connectivity index (χ4v) is 1.85. The van der Waals surface area contributed by atoms with Crippen LogP contribution in [0.25, 0.3) is 0 Å². The van der Waals surface area contributed by atoms with Gasteiger partial charge in [-0.15, -0.1) is 12.4 Å². The van der Waals surface area contributed by atoms with Crippen molar-refractivity contribution in [1.29, 1.82) is 0 Å². The standard InChI is InChI=1S/C12H16BrNO3.ClH/c1-3-17-11-5-4-8(13)6-9(11)10(14)7-12(15)16-2;/h4-6,10H,3,7,14H2,1-2H3;1H/t10-;/m0./s1. The second-order valence-electron chi connectivity index (χ2n) is 3.50. The van der Waals surface area contributed by atoms with Crippen LogP contribution in [-0.2, 0) is 9.53 Å². The van der Waals surface area contributed by atoms with Crippen LogP contribution in [0.5, 0.6) is 5.75 Å². The van der Waals surface area contributed by atoms with Crippen LogP contribution >= 0.6 is 28.3 Å². The summed E-state index contributed by atoms with van der Waals surface area (Å²) in [7, 11) is 1.35. The van der Waals surface area contributed by atoms with E-state index in [-0.39, 0.29) is 24.8 Å². The Bertz CT molecular complexity index is 401. The number of benzene rings is 1. The molecule has 1 aromatic rings. The number of methoxy groups -OCH3 is 1. The molecule has 0 spiro atoms. The summed E-state index contributed by atoms with van der Waals surface area (Å²) < 4.78 is 11.0. The Labute approximate surface area is 121 Å². The van der Waals surface area contributed by atoms with Crippen LogP contribution in [0, 0.1) is 0 Å². The zero-order valence-corrected chi connectivity index (χ0v) is 12.7. The molecule has 18 heavy (non-hydrogen) atoms. The van der Waals surface area contributed by atoms with Gasteiger partial charge in [0.05, 0.1) is 20.1 Å². The molecule has 0 aliphatic carbocycles. The third-order valence-electron chi connectivity index (χ3n) is 2.29. The molecule has 0 aliphatic rings. The molecule has 0 saturated carbocycles. The smallest absolute Gasteiger partial charge is 0.307 e. The molecule has 0 heterocycles. The Morgan fingerprint density at radius 2 is 2.17 bits per heavy atom. The number of hydrogen-bond acceptors (Lipinski definition) is 4. The van der Waals surface area contributed by atoms with E-state index >= 15 is 0 Å². The van der Waals surface area contributed by atoms with Crippen LogP contribution in [-0.4, -0.2) is 19.7 Å². The Morgan fingerprint density at radius 1 is 1.50 bits per heavy atom. The van der Waals surface area contributed by atoms with Crippen LogP contribution in [0.15, 0.2) is 22.7 Å². The maximum absolute atomic E-state index is 11.2. The molecule has 1 aromatic carbocycles. The molecule has 0 saturated heterocycles. The first-order valence-electron chi connectivity index (χ1n) is 5.33. The lowest BCUT2D eigenvalue weighted by molar-refractivity contribution is -0.141. The summed E-state index contributed by atoms with van der Waals surface area (Å²) >= 11 is 3.37. The van der Waals surface area contributed by atoms with Crippen molar-refractivity contribution >= 4 is 34.3 Å². The van der Waals surface area contributed by atoms with Gasteiger partial charge < -0.3 is 15.2 Å². The third kappa shape index (κ3) is 4.84. The van der Waals surface area contributed by atoms with E-state index in [1.165, 1.54) is 7.11 Å². The number of nitrogens with two attached hydrogens (primary N) is 1. The number of carbonyl (C=O) groups excluding carboxylic acids is 1. The highest BCUT2D eigenvalue weighted by molar-refractivity contribution is 9.10. The molecule has 2 N–H and O–H groups in total. The minimum Gasteiger partial charge on any atom is -0.494 e. The summed E-state index contributed by atoms with van der Waals surface area (Å²) in [4.78, 5) is 11.2. The van der Waals surface area contributed by atoms with E-state index in [0.717, 1.165) is 10.0 Å². The highest BCUT2D eigenvalue weighted by atomic mass is 79.9. The molecular formula is C12H17BrClNO3. The van der Waals surface area contributed by atoms with Gasteiger partial charge in [0.25, 0.3) is 0 Å². The lowest BCUT2D eigenvalue weighted by Crippen LogP contribution is -2.17. The van der Waals surface area contributed by atoms with Crippen molar-refractivity contribution in [2.45, 2.75) is 19.4 Å². The molecule has 0 aromatic heterocycles. The maximum atomic E-state index is 11.2. The Hall–Kier alpha value is -0.780. The zero-order chi connectivity index (χ0) is 12.8. The number of carbonyl (C=O) groups is 1. The van der Waals surface area contributed by atoms with Crippen molar-refractivity contribution in [3.8, 4) is 5.75 Å². The molecule has 102 valence electrons. The van der Waals surface area contributed by atoms with Crippen LogP contribution in [0.3, 0.4) is 0 Å². The molecule has 1 atom stereocenters. The summed E-state index contributed by atoms with van der Waals surface area (Å²) in [6.45, 7) is 2.46. The molecule has 0 bridgehead atoms. The average molecular weight is 339 g/mol. The van der Waals surface area contributed by atoms with Gasteiger partial charge in [-0.05, 0) is 25.1 Å². The molecule has 0 unspecified atom stereocenters. The molecule has 0 aliphatic heterocycles. The number of ether oxygens (including phenoxy) is 2. The number of rotatable bonds is 5. The lowest BCUT2D eigenvalue weighted by atomic mass is 10.0. The van der Waals surface area contributed by atoms with Crippen molar-refractivity contribution in [3.63, 3.8) is 0 Å². The van der Waals surface area contributed by atoms with E-state index in [2.05, 4.69) is 20.7 Å². The van der Waals surface area contributed by atoms with Crippen molar-refractivity contribution < 1.29 is 14.3 Å². The Morgan fingerprint density at radius 3 is 2.72 bits per heavy atom. The first-order chi connectivity index (χ1) is 8.08. The molecular weight excluding hydrogens is 321 g/mol. The van der Waals surface area contributed by atoms with E-state index < -0.39 is 6.04 Å². The Balaban J connectivity index is 0.00000289. The summed E-state index contributed by atoms with van der Waals surface area (Å²) in [6, 6.07) is 5.14. The normalized spacial score (nSPS) is 11.3. The van der Waals surface area contributed by atoms with Gasteiger partial charge >= 0.3 is 5.97 Å². The van der Waals surface area contributed by atoms with Gasteiger partial charge in [-0.3, -0.25) is 4.79 Å². The monoisotopic (exact) mass is 337 g/mol. The Kier molecular flexibility index (Phi) is 7.98. The van der Waals surface area contributed by atoms with Gasteiger partial charge in [0.15, 0.2) is 0 Å².